The van der Waals surface area contributed by atoms with Gasteiger partial charge in [-0.25, -0.2) is 8.78 Å². The average Bonchev–Trinajstić information content (AvgIpc) is 3.39. The van der Waals surface area contributed by atoms with Gasteiger partial charge in [-0.1, -0.05) is 12.1 Å². The van der Waals surface area contributed by atoms with Gasteiger partial charge in [0.2, 0.25) is 5.91 Å². The SMILES string of the molecule is CCOc1ccc(NC(=O)C2CC2c2cccc(F)c2F)cc1CO. The van der Waals surface area contributed by atoms with Crippen molar-refractivity contribution in [3.05, 3.63) is 59.2 Å². The van der Waals surface area contributed by atoms with Gasteiger partial charge in [0.05, 0.1) is 13.2 Å². The minimum Gasteiger partial charge on any atom is -0.494 e. The normalized spacial score (nSPS) is 18.7. The third-order valence-electron chi connectivity index (χ3n) is 4.31. The maximum absolute atomic E-state index is 13.8. The molecule has 0 bridgehead atoms. The van der Waals surface area contributed by atoms with Gasteiger partial charge in [-0.15, -0.1) is 0 Å². The van der Waals surface area contributed by atoms with E-state index in [-0.39, 0.29) is 29.9 Å². The Bertz CT molecular complexity index is 794. The van der Waals surface area contributed by atoms with Crippen LogP contribution in [0.15, 0.2) is 36.4 Å². The number of anilines is 1. The first kappa shape index (κ1) is 17.4. The lowest BCUT2D eigenvalue weighted by Gasteiger charge is -2.11. The zero-order valence-corrected chi connectivity index (χ0v) is 13.8. The Kier molecular flexibility index (Phi) is 4.99. The number of aliphatic hydroxyl groups excluding tert-OH is 1. The minimum absolute atomic E-state index is 0.209. The van der Waals surface area contributed by atoms with Crippen molar-refractivity contribution >= 4 is 11.6 Å². The Morgan fingerprint density at radius 3 is 2.84 bits per heavy atom. The average molecular weight is 347 g/mol. The molecule has 0 heterocycles. The van der Waals surface area contributed by atoms with Crippen molar-refractivity contribution < 1.29 is 23.4 Å². The van der Waals surface area contributed by atoms with Crippen LogP contribution in [0.25, 0.3) is 0 Å². The van der Waals surface area contributed by atoms with Gasteiger partial charge in [-0.3, -0.25) is 4.79 Å². The summed E-state index contributed by atoms with van der Waals surface area (Å²) in [6.07, 6.45) is 0.482. The molecule has 0 aromatic heterocycles. The van der Waals surface area contributed by atoms with E-state index in [1.165, 1.54) is 12.1 Å². The highest BCUT2D eigenvalue weighted by Crippen LogP contribution is 2.49. The fourth-order valence-electron chi connectivity index (χ4n) is 2.95. The van der Waals surface area contributed by atoms with Crippen LogP contribution in [0.3, 0.4) is 0 Å². The molecule has 1 aliphatic rings. The van der Waals surface area contributed by atoms with Crippen LogP contribution in [0.5, 0.6) is 5.75 Å². The summed E-state index contributed by atoms with van der Waals surface area (Å²) < 4.78 is 32.5. The summed E-state index contributed by atoms with van der Waals surface area (Å²) in [5.41, 5.74) is 1.34. The van der Waals surface area contributed by atoms with Crippen LogP contribution in [0, 0.1) is 17.6 Å². The van der Waals surface area contributed by atoms with Crippen molar-refractivity contribution in [1.29, 1.82) is 0 Å². The summed E-state index contributed by atoms with van der Waals surface area (Å²) in [5.74, 6) is -2.17. The van der Waals surface area contributed by atoms with Crippen LogP contribution in [0.1, 0.15) is 30.4 Å². The Morgan fingerprint density at radius 1 is 1.32 bits per heavy atom. The molecule has 3 rings (SSSR count). The van der Waals surface area contributed by atoms with E-state index in [0.29, 0.717) is 30.0 Å². The molecule has 6 heteroatoms. The second kappa shape index (κ2) is 7.19. The minimum atomic E-state index is -0.900. The molecule has 2 atom stereocenters. The molecule has 0 saturated heterocycles. The number of hydrogen-bond donors (Lipinski definition) is 2. The maximum atomic E-state index is 13.8. The van der Waals surface area contributed by atoms with Crippen LogP contribution in [0.2, 0.25) is 0 Å². The lowest BCUT2D eigenvalue weighted by molar-refractivity contribution is -0.117. The lowest BCUT2D eigenvalue weighted by Crippen LogP contribution is -2.15. The van der Waals surface area contributed by atoms with Gasteiger partial charge in [-0.2, -0.15) is 0 Å². The summed E-state index contributed by atoms with van der Waals surface area (Å²) >= 11 is 0. The fraction of sp³-hybridized carbons (Fsp3) is 0.316. The molecule has 1 saturated carbocycles. The van der Waals surface area contributed by atoms with E-state index in [2.05, 4.69) is 5.32 Å². The molecule has 2 aromatic carbocycles. The molecule has 1 fully saturated rings. The quantitative estimate of drug-likeness (QED) is 0.839. The summed E-state index contributed by atoms with van der Waals surface area (Å²) in [6.45, 7) is 2.11. The summed E-state index contributed by atoms with van der Waals surface area (Å²) in [4.78, 5) is 12.3. The van der Waals surface area contributed by atoms with E-state index in [9.17, 15) is 18.7 Å². The molecule has 4 nitrogen and oxygen atoms in total. The number of benzene rings is 2. The molecule has 2 N–H and O–H groups in total. The second-order valence-corrected chi connectivity index (χ2v) is 5.99. The molecule has 2 aromatic rings. The van der Waals surface area contributed by atoms with Crippen molar-refractivity contribution in [1.82, 2.24) is 0 Å². The number of halogens is 2. The van der Waals surface area contributed by atoms with Crippen molar-refractivity contribution in [2.24, 2.45) is 5.92 Å². The maximum Gasteiger partial charge on any atom is 0.228 e. The molecule has 0 spiro atoms. The van der Waals surface area contributed by atoms with Crippen LogP contribution < -0.4 is 10.1 Å². The first-order valence-corrected chi connectivity index (χ1v) is 8.16. The molecule has 25 heavy (non-hydrogen) atoms. The van der Waals surface area contributed by atoms with Gasteiger partial charge in [0, 0.05) is 17.2 Å². The Hall–Kier alpha value is -2.47. The Labute approximate surface area is 144 Å². The van der Waals surface area contributed by atoms with E-state index in [1.54, 1.807) is 18.2 Å². The van der Waals surface area contributed by atoms with Gasteiger partial charge >= 0.3 is 0 Å². The largest absolute Gasteiger partial charge is 0.494 e. The summed E-state index contributed by atoms with van der Waals surface area (Å²) in [6, 6.07) is 9.03. The van der Waals surface area contributed by atoms with Gasteiger partial charge in [0.25, 0.3) is 0 Å². The third-order valence-corrected chi connectivity index (χ3v) is 4.31. The van der Waals surface area contributed by atoms with E-state index < -0.39 is 11.6 Å². The van der Waals surface area contributed by atoms with Crippen LogP contribution in [-0.4, -0.2) is 17.6 Å². The highest BCUT2D eigenvalue weighted by molar-refractivity contribution is 5.95. The first-order valence-electron chi connectivity index (χ1n) is 8.16. The van der Waals surface area contributed by atoms with Gasteiger partial charge in [0.1, 0.15) is 5.75 Å². The van der Waals surface area contributed by atoms with Gasteiger partial charge in [0.15, 0.2) is 11.6 Å². The van der Waals surface area contributed by atoms with E-state index >= 15 is 0 Å². The Balaban J connectivity index is 1.69. The smallest absolute Gasteiger partial charge is 0.228 e. The van der Waals surface area contributed by atoms with Crippen LogP contribution >= 0.6 is 0 Å². The number of carbonyl (C=O) groups excluding carboxylic acids is 1. The standard InChI is InChI=1S/C19H19F2NO3/c1-2-25-17-7-6-12(8-11(17)10-23)22-19(24)15-9-14(15)13-4-3-5-16(20)18(13)21/h3-8,14-15,23H,2,9-10H2,1H3,(H,22,24). The zero-order chi connectivity index (χ0) is 18.0. The predicted octanol–water partition coefficient (Wildman–Crippen LogP) is 3.60. The molecule has 2 unspecified atom stereocenters. The number of hydrogen-bond acceptors (Lipinski definition) is 3. The van der Waals surface area contributed by atoms with Crippen molar-refractivity contribution in [2.45, 2.75) is 25.9 Å². The molecule has 0 aliphatic heterocycles. The van der Waals surface area contributed by atoms with Gasteiger partial charge < -0.3 is 15.2 Å². The number of rotatable bonds is 6. The Morgan fingerprint density at radius 2 is 2.12 bits per heavy atom. The summed E-state index contributed by atoms with van der Waals surface area (Å²) in [5, 5.41) is 12.2. The van der Waals surface area contributed by atoms with Crippen molar-refractivity contribution in [3.63, 3.8) is 0 Å². The molecule has 1 aliphatic carbocycles. The highest BCUT2D eigenvalue weighted by atomic mass is 19.2. The van der Waals surface area contributed by atoms with E-state index in [0.717, 1.165) is 6.07 Å². The third kappa shape index (κ3) is 3.64. The number of amides is 1. The van der Waals surface area contributed by atoms with Crippen LogP contribution in [-0.2, 0) is 11.4 Å². The molecule has 132 valence electrons. The molecule has 1 amide bonds. The fourth-order valence-corrected chi connectivity index (χ4v) is 2.95. The van der Waals surface area contributed by atoms with Crippen molar-refractivity contribution in [2.75, 3.05) is 11.9 Å². The van der Waals surface area contributed by atoms with E-state index in [4.69, 9.17) is 4.74 Å². The molecular weight excluding hydrogens is 328 g/mol. The first-order chi connectivity index (χ1) is 12.0. The van der Waals surface area contributed by atoms with Gasteiger partial charge in [-0.05, 0) is 49.1 Å². The monoisotopic (exact) mass is 347 g/mol. The second-order valence-electron chi connectivity index (χ2n) is 5.99. The lowest BCUT2D eigenvalue weighted by atomic mass is 10.1. The van der Waals surface area contributed by atoms with Crippen molar-refractivity contribution in [3.8, 4) is 5.75 Å². The number of aliphatic hydroxyl groups is 1. The number of nitrogens with one attached hydrogen (secondary N) is 1. The summed E-state index contributed by atoms with van der Waals surface area (Å²) in [7, 11) is 0. The molecular formula is C19H19F2NO3. The predicted molar refractivity (Wildman–Crippen MR) is 89.4 cm³/mol. The van der Waals surface area contributed by atoms with E-state index in [1.807, 2.05) is 6.92 Å². The number of ether oxygens (including phenoxy) is 1. The topological polar surface area (TPSA) is 58.6 Å². The number of carbonyl (C=O) groups is 1. The highest BCUT2D eigenvalue weighted by Gasteiger charge is 2.45. The zero-order valence-electron chi connectivity index (χ0n) is 13.8. The molecule has 0 radical (unpaired) electrons. The van der Waals surface area contributed by atoms with Crippen LogP contribution in [0.4, 0.5) is 14.5 Å².